The lowest BCUT2D eigenvalue weighted by molar-refractivity contribution is -0.0223. The Balaban J connectivity index is 2.24. The maximum atomic E-state index is 10.3. The molecule has 4 atom stereocenters. The second-order valence-electron chi connectivity index (χ2n) is 5.33. The average Bonchev–Trinajstić information content (AvgIpc) is 2.92. The minimum atomic E-state index is -1.23. The Morgan fingerprint density at radius 3 is 2.50 bits per heavy atom. The number of ether oxygens (including phenoxy) is 1. The van der Waals surface area contributed by atoms with E-state index in [1.807, 2.05) is 0 Å². The monoisotopic (exact) mass is 365 g/mol. The zero-order chi connectivity index (χ0) is 16.2. The third kappa shape index (κ3) is 2.32. The molecule has 1 aliphatic heterocycles. The van der Waals surface area contributed by atoms with Crippen LogP contribution in [0.1, 0.15) is 17.2 Å². The van der Waals surface area contributed by atoms with Gasteiger partial charge in [0.15, 0.2) is 0 Å². The highest BCUT2D eigenvalue weighted by Gasteiger charge is 2.45. The molecule has 8 heteroatoms. The molecule has 0 spiro atoms. The molecule has 0 unspecified atom stereocenters. The number of aromatic amines is 1. The zero-order valence-electron chi connectivity index (χ0n) is 11.5. The van der Waals surface area contributed by atoms with Crippen LogP contribution in [0.3, 0.4) is 0 Å². The number of aromatic nitrogens is 1. The van der Waals surface area contributed by atoms with E-state index in [1.165, 1.54) is 0 Å². The average molecular weight is 367 g/mol. The van der Waals surface area contributed by atoms with Crippen molar-refractivity contribution in [2.24, 2.45) is 0 Å². The Morgan fingerprint density at radius 1 is 1.23 bits per heavy atom. The molecule has 22 heavy (non-hydrogen) atoms. The van der Waals surface area contributed by atoms with Crippen LogP contribution in [0.2, 0.25) is 15.2 Å². The van der Waals surface area contributed by atoms with E-state index in [0.717, 1.165) is 5.56 Å². The van der Waals surface area contributed by atoms with Gasteiger partial charge in [0.05, 0.1) is 16.7 Å². The maximum absolute atomic E-state index is 10.3. The standard InChI is InChI=1S/C14H14Cl3NO4/c1-4-8-6(18-14(4)17)2-5(15)10(16)9(8)13-12(21)11(20)7(3-19)22-13/h2,7,11-13,18-21H,3H2,1H3/t7-,11-,12-,13+/m1/s1. The van der Waals surface area contributed by atoms with Crippen LogP contribution in [0.4, 0.5) is 0 Å². The fourth-order valence-corrected chi connectivity index (χ4v) is 3.54. The van der Waals surface area contributed by atoms with Crippen molar-refractivity contribution in [1.29, 1.82) is 0 Å². The first-order chi connectivity index (χ1) is 10.4. The number of aliphatic hydroxyl groups excluding tert-OH is 3. The molecular weight excluding hydrogens is 353 g/mol. The van der Waals surface area contributed by atoms with Crippen LogP contribution in [0.25, 0.3) is 10.9 Å². The molecule has 0 bridgehead atoms. The number of benzene rings is 1. The van der Waals surface area contributed by atoms with Crippen LogP contribution >= 0.6 is 34.8 Å². The van der Waals surface area contributed by atoms with Gasteiger partial charge in [0.2, 0.25) is 0 Å². The number of nitrogens with one attached hydrogen (secondary N) is 1. The molecule has 1 aromatic carbocycles. The Morgan fingerprint density at radius 2 is 1.91 bits per heavy atom. The number of fused-ring (bicyclic) bond motifs is 1. The number of halogens is 3. The lowest BCUT2D eigenvalue weighted by atomic mass is 9.97. The van der Waals surface area contributed by atoms with E-state index >= 15 is 0 Å². The number of rotatable bonds is 2. The number of aliphatic hydroxyl groups is 3. The molecule has 0 amide bonds. The fraction of sp³-hybridized carbons (Fsp3) is 0.429. The van der Waals surface area contributed by atoms with E-state index in [1.54, 1.807) is 13.0 Å². The second-order valence-corrected chi connectivity index (χ2v) is 6.49. The summed E-state index contributed by atoms with van der Waals surface area (Å²) in [4.78, 5) is 2.98. The zero-order valence-corrected chi connectivity index (χ0v) is 13.7. The van der Waals surface area contributed by atoms with Crippen LogP contribution in [0.5, 0.6) is 0 Å². The van der Waals surface area contributed by atoms with E-state index in [0.29, 0.717) is 21.6 Å². The lowest BCUT2D eigenvalue weighted by Crippen LogP contribution is -2.32. The summed E-state index contributed by atoms with van der Waals surface area (Å²) in [5, 5.41) is 31.1. The van der Waals surface area contributed by atoms with Crippen molar-refractivity contribution in [2.75, 3.05) is 6.61 Å². The van der Waals surface area contributed by atoms with Gasteiger partial charge in [0, 0.05) is 16.5 Å². The number of aryl methyl sites for hydroxylation is 1. The highest BCUT2D eigenvalue weighted by Crippen LogP contribution is 2.45. The molecule has 5 nitrogen and oxygen atoms in total. The van der Waals surface area contributed by atoms with Gasteiger partial charge in [0.1, 0.15) is 29.6 Å². The van der Waals surface area contributed by atoms with Crippen LogP contribution in [0.15, 0.2) is 6.07 Å². The molecule has 1 fully saturated rings. The molecule has 3 rings (SSSR count). The smallest absolute Gasteiger partial charge is 0.114 e. The minimum absolute atomic E-state index is 0.225. The summed E-state index contributed by atoms with van der Waals surface area (Å²) in [6.07, 6.45) is -4.24. The van der Waals surface area contributed by atoms with Gasteiger partial charge in [-0.2, -0.15) is 0 Å². The summed E-state index contributed by atoms with van der Waals surface area (Å²) in [6, 6.07) is 1.64. The third-order valence-corrected chi connectivity index (χ3v) is 5.21. The first kappa shape index (κ1) is 16.3. The summed E-state index contributed by atoms with van der Waals surface area (Å²) < 4.78 is 5.58. The van der Waals surface area contributed by atoms with Crippen LogP contribution in [0, 0.1) is 6.92 Å². The van der Waals surface area contributed by atoms with E-state index < -0.39 is 31.0 Å². The highest BCUT2D eigenvalue weighted by atomic mass is 35.5. The van der Waals surface area contributed by atoms with Gasteiger partial charge in [-0.05, 0) is 18.6 Å². The van der Waals surface area contributed by atoms with Crippen LogP contribution in [-0.2, 0) is 4.74 Å². The molecule has 120 valence electrons. The summed E-state index contributed by atoms with van der Waals surface area (Å²) in [5.74, 6) is 0. The van der Waals surface area contributed by atoms with Crippen LogP contribution < -0.4 is 0 Å². The van der Waals surface area contributed by atoms with Crippen molar-refractivity contribution in [1.82, 2.24) is 4.98 Å². The molecule has 1 aliphatic rings. The van der Waals surface area contributed by atoms with E-state index in [2.05, 4.69) is 4.98 Å². The lowest BCUT2D eigenvalue weighted by Gasteiger charge is -2.19. The van der Waals surface area contributed by atoms with Gasteiger partial charge < -0.3 is 25.0 Å². The number of H-pyrrole nitrogens is 1. The first-order valence-corrected chi connectivity index (χ1v) is 7.78. The molecule has 1 saturated heterocycles. The van der Waals surface area contributed by atoms with Gasteiger partial charge in [-0.15, -0.1) is 0 Å². The summed E-state index contributed by atoms with van der Waals surface area (Å²) in [5.41, 5.74) is 1.85. The highest BCUT2D eigenvalue weighted by molar-refractivity contribution is 6.43. The summed E-state index contributed by atoms with van der Waals surface area (Å²) in [7, 11) is 0. The summed E-state index contributed by atoms with van der Waals surface area (Å²) >= 11 is 18.6. The Labute approximate surface area is 141 Å². The van der Waals surface area contributed by atoms with Gasteiger partial charge in [-0.3, -0.25) is 0 Å². The quantitative estimate of drug-likeness (QED) is 0.658. The SMILES string of the molecule is Cc1c(Cl)[nH]c2cc(Cl)c(Cl)c([C@@H]3O[C@H](CO)[C@@H](O)[C@H]3O)c12. The Bertz CT molecular complexity index is 733. The molecule has 0 radical (unpaired) electrons. The molecule has 1 aromatic heterocycles. The molecule has 0 saturated carbocycles. The number of hydrogen-bond acceptors (Lipinski definition) is 4. The number of hydrogen-bond donors (Lipinski definition) is 4. The van der Waals surface area contributed by atoms with Crippen molar-refractivity contribution in [3.63, 3.8) is 0 Å². The predicted octanol–water partition coefficient (Wildman–Crippen LogP) is 2.59. The third-order valence-electron chi connectivity index (χ3n) is 4.03. The Hall–Kier alpha value is -0.530. The summed E-state index contributed by atoms with van der Waals surface area (Å²) in [6.45, 7) is 1.39. The van der Waals surface area contributed by atoms with Gasteiger partial charge in [-0.25, -0.2) is 0 Å². The van der Waals surface area contributed by atoms with Gasteiger partial charge >= 0.3 is 0 Å². The second kappa shape index (κ2) is 5.83. The van der Waals surface area contributed by atoms with Crippen molar-refractivity contribution >= 4 is 45.7 Å². The minimum Gasteiger partial charge on any atom is -0.394 e. The molecule has 0 aliphatic carbocycles. The van der Waals surface area contributed by atoms with Crippen molar-refractivity contribution in [3.8, 4) is 0 Å². The molecule has 2 heterocycles. The van der Waals surface area contributed by atoms with E-state index in [-0.39, 0.29) is 10.0 Å². The fourth-order valence-electron chi connectivity index (χ4n) is 2.88. The molecule has 4 N–H and O–H groups in total. The van der Waals surface area contributed by atoms with Gasteiger partial charge in [0.25, 0.3) is 0 Å². The van der Waals surface area contributed by atoms with Crippen molar-refractivity contribution in [3.05, 3.63) is 32.4 Å². The predicted molar refractivity (Wildman–Crippen MR) is 84.8 cm³/mol. The maximum Gasteiger partial charge on any atom is 0.114 e. The molecule has 2 aromatic rings. The first-order valence-electron chi connectivity index (χ1n) is 6.65. The molecular formula is C14H14Cl3NO4. The van der Waals surface area contributed by atoms with Crippen molar-refractivity contribution < 1.29 is 20.1 Å². The Kier molecular flexibility index (Phi) is 4.33. The van der Waals surface area contributed by atoms with Crippen molar-refractivity contribution in [2.45, 2.75) is 31.3 Å². The largest absolute Gasteiger partial charge is 0.394 e. The topological polar surface area (TPSA) is 85.7 Å². The normalized spacial score (nSPS) is 28.7. The van der Waals surface area contributed by atoms with E-state index in [4.69, 9.17) is 39.5 Å². The van der Waals surface area contributed by atoms with Crippen LogP contribution in [-0.4, -0.2) is 45.2 Å². The van der Waals surface area contributed by atoms with Gasteiger partial charge in [-0.1, -0.05) is 34.8 Å². The van der Waals surface area contributed by atoms with E-state index in [9.17, 15) is 15.3 Å².